The Kier molecular flexibility index (Phi) is 4.71. The number of fused-ring (bicyclic) bond motifs is 3. The molecule has 0 saturated carbocycles. The van der Waals surface area contributed by atoms with Crippen LogP contribution in [0.25, 0.3) is 16.8 Å². The lowest BCUT2D eigenvalue weighted by Gasteiger charge is -2.38. The maximum absolute atomic E-state index is 9.44. The van der Waals surface area contributed by atoms with Crippen LogP contribution < -0.4 is 9.80 Å². The molecule has 2 aliphatic heterocycles. The van der Waals surface area contributed by atoms with Crippen molar-refractivity contribution in [2.45, 2.75) is 37.8 Å². The van der Waals surface area contributed by atoms with Gasteiger partial charge in [0.2, 0.25) is 0 Å². The quantitative estimate of drug-likeness (QED) is 0.547. The van der Waals surface area contributed by atoms with Crippen LogP contribution in [0.2, 0.25) is 0 Å². The van der Waals surface area contributed by atoms with Crippen molar-refractivity contribution in [2.24, 2.45) is 0 Å². The lowest BCUT2D eigenvalue weighted by molar-refractivity contribution is 0.553. The Balaban J connectivity index is 1.43. The van der Waals surface area contributed by atoms with Crippen LogP contribution in [0.5, 0.6) is 0 Å². The molecule has 0 amide bonds. The van der Waals surface area contributed by atoms with Crippen LogP contribution in [0.15, 0.2) is 66.2 Å². The van der Waals surface area contributed by atoms with Gasteiger partial charge in [-0.05, 0) is 67.0 Å². The molecule has 30 heavy (non-hydrogen) atoms. The van der Waals surface area contributed by atoms with Crippen LogP contribution in [0.3, 0.4) is 0 Å². The Morgan fingerprint density at radius 1 is 0.900 bits per heavy atom. The van der Waals surface area contributed by atoms with Gasteiger partial charge in [-0.1, -0.05) is 42.0 Å². The first-order valence-electron chi connectivity index (χ1n) is 10.8. The van der Waals surface area contributed by atoms with Gasteiger partial charge in [0.05, 0.1) is 11.6 Å². The number of nitriles is 1. The van der Waals surface area contributed by atoms with Crippen LogP contribution in [0, 0.1) is 11.3 Å². The highest BCUT2D eigenvalue weighted by molar-refractivity contribution is 5.94. The zero-order valence-corrected chi connectivity index (χ0v) is 17.7. The van der Waals surface area contributed by atoms with E-state index >= 15 is 0 Å². The van der Waals surface area contributed by atoms with E-state index in [1.165, 1.54) is 35.2 Å². The van der Waals surface area contributed by atoms with E-state index < -0.39 is 0 Å². The number of piperidine rings is 1. The van der Waals surface area contributed by atoms with E-state index in [4.69, 9.17) is 0 Å². The Morgan fingerprint density at radius 2 is 1.57 bits per heavy atom. The summed E-state index contributed by atoms with van der Waals surface area (Å²) in [4.78, 5) is 4.81. The fourth-order valence-electron chi connectivity index (χ4n) is 5.28. The minimum atomic E-state index is 0.588. The Labute approximate surface area is 178 Å². The monoisotopic (exact) mass is 393 g/mol. The minimum Gasteiger partial charge on any atom is -0.378 e. The number of benzene rings is 3. The summed E-state index contributed by atoms with van der Waals surface area (Å²) in [6.07, 6.45) is 7.18. The largest absolute Gasteiger partial charge is 0.378 e. The highest BCUT2D eigenvalue weighted by Gasteiger charge is 2.38. The molecule has 3 aromatic carbocycles. The van der Waals surface area contributed by atoms with Gasteiger partial charge in [-0.2, -0.15) is 5.26 Å². The molecule has 3 nitrogen and oxygen atoms in total. The molecule has 2 heterocycles. The topological polar surface area (TPSA) is 30.3 Å². The van der Waals surface area contributed by atoms with E-state index in [1.54, 1.807) is 5.57 Å². The van der Waals surface area contributed by atoms with Gasteiger partial charge in [-0.25, -0.2) is 0 Å². The minimum absolute atomic E-state index is 0.588. The molecule has 0 spiro atoms. The first-order chi connectivity index (χ1) is 14.6. The Morgan fingerprint density at radius 3 is 2.20 bits per heavy atom. The average molecular weight is 394 g/mol. The van der Waals surface area contributed by atoms with Gasteiger partial charge in [0, 0.05) is 42.9 Å². The fourth-order valence-corrected chi connectivity index (χ4v) is 5.28. The van der Waals surface area contributed by atoms with E-state index in [1.807, 2.05) is 12.1 Å². The van der Waals surface area contributed by atoms with Crippen molar-refractivity contribution >= 4 is 28.2 Å². The van der Waals surface area contributed by atoms with Crippen molar-refractivity contribution in [2.75, 3.05) is 23.9 Å². The molecule has 5 rings (SSSR count). The van der Waals surface area contributed by atoms with Crippen molar-refractivity contribution in [3.8, 4) is 6.07 Å². The van der Waals surface area contributed by atoms with Crippen LogP contribution >= 0.6 is 0 Å². The molecule has 2 atom stereocenters. The number of hydrogen-bond donors (Lipinski definition) is 0. The third-order valence-electron chi connectivity index (χ3n) is 6.72. The second-order valence-corrected chi connectivity index (χ2v) is 8.77. The van der Waals surface area contributed by atoms with Crippen molar-refractivity contribution < 1.29 is 0 Å². The van der Waals surface area contributed by atoms with E-state index in [-0.39, 0.29) is 0 Å². The van der Waals surface area contributed by atoms with E-state index in [2.05, 4.69) is 84.6 Å². The zero-order valence-electron chi connectivity index (χ0n) is 17.7. The molecule has 2 unspecified atom stereocenters. The van der Waals surface area contributed by atoms with Crippen LogP contribution in [0.4, 0.5) is 11.4 Å². The van der Waals surface area contributed by atoms with E-state index in [0.717, 1.165) is 23.8 Å². The van der Waals surface area contributed by atoms with Gasteiger partial charge in [0.15, 0.2) is 0 Å². The summed E-state index contributed by atoms with van der Waals surface area (Å²) in [5.74, 6) is 0. The highest BCUT2D eigenvalue weighted by atomic mass is 15.2. The van der Waals surface area contributed by atoms with Gasteiger partial charge in [0.1, 0.15) is 0 Å². The average Bonchev–Trinajstić information content (AvgIpc) is 3.04. The third-order valence-corrected chi connectivity index (χ3v) is 6.72. The van der Waals surface area contributed by atoms with E-state index in [0.29, 0.717) is 12.1 Å². The Hall–Kier alpha value is -3.25. The molecule has 2 fully saturated rings. The maximum atomic E-state index is 9.44. The molecule has 2 aliphatic rings. The summed E-state index contributed by atoms with van der Waals surface area (Å²) in [6.45, 7) is 0. The lowest BCUT2D eigenvalue weighted by atomic mass is 9.92. The number of nitrogens with zero attached hydrogens (tertiary/aromatic N) is 3. The normalized spacial score (nSPS) is 20.3. The second-order valence-electron chi connectivity index (χ2n) is 8.77. The summed E-state index contributed by atoms with van der Waals surface area (Å²) in [5, 5.41) is 11.7. The molecule has 150 valence electrons. The van der Waals surface area contributed by atoms with Crippen molar-refractivity contribution in [3.63, 3.8) is 0 Å². The first kappa shape index (κ1) is 18.8. The van der Waals surface area contributed by atoms with Crippen LogP contribution in [0.1, 0.15) is 36.8 Å². The fraction of sp³-hybridized carbons (Fsp3) is 0.296. The van der Waals surface area contributed by atoms with Gasteiger partial charge in [-0.15, -0.1) is 0 Å². The van der Waals surface area contributed by atoms with Gasteiger partial charge < -0.3 is 9.80 Å². The molecule has 3 aromatic rings. The predicted molar refractivity (Wildman–Crippen MR) is 126 cm³/mol. The first-order valence-corrected chi connectivity index (χ1v) is 10.8. The summed E-state index contributed by atoms with van der Waals surface area (Å²) in [7, 11) is 4.17. The molecule has 0 N–H and O–H groups in total. The summed E-state index contributed by atoms with van der Waals surface area (Å²) >= 11 is 0. The van der Waals surface area contributed by atoms with Crippen molar-refractivity contribution in [1.82, 2.24) is 0 Å². The van der Waals surface area contributed by atoms with Gasteiger partial charge in [0.25, 0.3) is 0 Å². The second kappa shape index (κ2) is 7.54. The van der Waals surface area contributed by atoms with E-state index in [9.17, 15) is 5.26 Å². The molecule has 2 saturated heterocycles. The number of hydrogen-bond acceptors (Lipinski definition) is 3. The smallest absolute Gasteiger partial charge is 0.0998 e. The molecule has 0 aliphatic carbocycles. The molecule has 0 radical (unpaired) electrons. The summed E-state index contributed by atoms with van der Waals surface area (Å²) < 4.78 is 0. The molecule has 0 aromatic heterocycles. The van der Waals surface area contributed by atoms with Crippen molar-refractivity contribution in [1.29, 1.82) is 5.26 Å². The number of anilines is 2. The van der Waals surface area contributed by atoms with Crippen LogP contribution in [-0.2, 0) is 0 Å². The maximum Gasteiger partial charge on any atom is 0.0998 e. The molecular formula is C27H27N3. The predicted octanol–water partition coefficient (Wildman–Crippen LogP) is 5.99. The zero-order chi connectivity index (χ0) is 20.7. The highest BCUT2D eigenvalue weighted by Crippen LogP contribution is 2.42. The molecular weight excluding hydrogens is 366 g/mol. The summed E-state index contributed by atoms with van der Waals surface area (Å²) in [5.41, 5.74) is 6.14. The lowest BCUT2D eigenvalue weighted by Crippen LogP contribution is -2.40. The molecule has 2 bridgehead atoms. The van der Waals surface area contributed by atoms with Crippen molar-refractivity contribution in [3.05, 3.63) is 77.4 Å². The third kappa shape index (κ3) is 3.23. The van der Waals surface area contributed by atoms with Gasteiger partial charge in [-0.3, -0.25) is 0 Å². The molecule has 3 heteroatoms. The standard InChI is InChI=1S/C27H27N3/c1-29(2)22-9-11-23(12-10-22)30-24-13-14-25(30)17-19(16-24)15-20-7-8-21(18-28)27-6-4-3-5-26(20)27/h3-12,15,24-25H,13-14,16-17H2,1-2H3. The van der Waals surface area contributed by atoms with Crippen LogP contribution in [-0.4, -0.2) is 26.2 Å². The van der Waals surface area contributed by atoms with Gasteiger partial charge >= 0.3 is 0 Å². The SMILES string of the molecule is CN(C)c1ccc(N2C3CCC2CC(=Cc2ccc(C#N)c4ccccc24)C3)cc1. The Bertz CT molecular complexity index is 1130. The summed E-state index contributed by atoms with van der Waals surface area (Å²) in [6, 6.07) is 24.9. The number of rotatable bonds is 3.